The average molecular weight is 368 g/mol. The molecule has 1 aliphatic rings. The molecular weight excluding hydrogens is 344 g/mol. The lowest BCUT2D eigenvalue weighted by Crippen LogP contribution is -2.47. The molecule has 0 bridgehead atoms. The molecule has 1 N–H and O–H groups in total. The predicted octanol–water partition coefficient (Wildman–Crippen LogP) is 2.69. The van der Waals surface area contributed by atoms with Gasteiger partial charge in [-0.15, -0.1) is 0 Å². The van der Waals surface area contributed by atoms with Crippen LogP contribution in [0.3, 0.4) is 0 Å². The highest BCUT2D eigenvalue weighted by atomic mass is 16.5. The lowest BCUT2D eigenvalue weighted by atomic mass is 10.1. The summed E-state index contributed by atoms with van der Waals surface area (Å²) < 4.78 is 10.6. The molecule has 2 aromatic rings. The van der Waals surface area contributed by atoms with Crippen molar-refractivity contribution in [2.45, 2.75) is 32.4 Å². The highest BCUT2D eigenvalue weighted by Crippen LogP contribution is 2.33. The first-order valence-electron chi connectivity index (χ1n) is 8.97. The fourth-order valence-corrected chi connectivity index (χ4v) is 3.39. The molecule has 1 aliphatic heterocycles. The van der Waals surface area contributed by atoms with E-state index in [4.69, 9.17) is 9.47 Å². The number of rotatable bonds is 6. The van der Waals surface area contributed by atoms with E-state index in [9.17, 15) is 9.59 Å². The molecule has 0 aromatic heterocycles. The third-order valence-electron chi connectivity index (χ3n) is 4.79. The van der Waals surface area contributed by atoms with Crippen LogP contribution in [0.25, 0.3) is 0 Å². The Kier molecular flexibility index (Phi) is 5.64. The number of carbonyl (C=O) groups excluding carboxylic acids is 2. The van der Waals surface area contributed by atoms with E-state index in [0.717, 1.165) is 16.8 Å². The number of fused-ring (bicyclic) bond motifs is 1. The molecule has 0 spiro atoms. The van der Waals surface area contributed by atoms with Crippen molar-refractivity contribution < 1.29 is 19.1 Å². The number of benzene rings is 2. The van der Waals surface area contributed by atoms with Crippen molar-refractivity contribution in [3.63, 3.8) is 0 Å². The van der Waals surface area contributed by atoms with Crippen molar-refractivity contribution in [1.82, 2.24) is 5.32 Å². The molecule has 0 aliphatic carbocycles. The largest absolute Gasteiger partial charge is 0.497 e. The highest BCUT2D eigenvalue weighted by Gasteiger charge is 2.37. The fourth-order valence-electron chi connectivity index (χ4n) is 3.39. The van der Waals surface area contributed by atoms with Gasteiger partial charge < -0.3 is 14.8 Å². The Hall–Kier alpha value is -3.02. The summed E-state index contributed by atoms with van der Waals surface area (Å²) >= 11 is 0. The van der Waals surface area contributed by atoms with E-state index in [1.165, 1.54) is 0 Å². The van der Waals surface area contributed by atoms with Crippen LogP contribution in [-0.4, -0.2) is 32.1 Å². The molecule has 0 fully saturated rings. The van der Waals surface area contributed by atoms with Crippen LogP contribution in [0.15, 0.2) is 42.5 Å². The molecule has 0 saturated heterocycles. The minimum absolute atomic E-state index is 0.0564. The zero-order valence-corrected chi connectivity index (χ0v) is 15.8. The van der Waals surface area contributed by atoms with Gasteiger partial charge in [0.2, 0.25) is 11.8 Å². The van der Waals surface area contributed by atoms with Crippen LogP contribution in [0.2, 0.25) is 0 Å². The minimum Gasteiger partial charge on any atom is -0.497 e. The van der Waals surface area contributed by atoms with Crippen LogP contribution in [0.1, 0.15) is 24.5 Å². The molecule has 27 heavy (non-hydrogen) atoms. The first kappa shape index (κ1) is 18.8. The van der Waals surface area contributed by atoms with Crippen molar-refractivity contribution in [1.29, 1.82) is 0 Å². The second-order valence-corrected chi connectivity index (χ2v) is 6.36. The van der Waals surface area contributed by atoms with E-state index in [-0.39, 0.29) is 11.8 Å². The molecule has 1 atom stereocenters. The molecule has 1 heterocycles. The van der Waals surface area contributed by atoms with Crippen LogP contribution in [0.5, 0.6) is 11.5 Å². The van der Waals surface area contributed by atoms with Crippen LogP contribution >= 0.6 is 0 Å². The molecule has 0 radical (unpaired) electrons. The fraction of sp³-hybridized carbons (Fsp3) is 0.333. The van der Waals surface area contributed by atoms with Gasteiger partial charge in [-0.3, -0.25) is 14.5 Å². The van der Waals surface area contributed by atoms with E-state index in [0.29, 0.717) is 30.9 Å². The molecular formula is C21H24N2O4. The zero-order valence-electron chi connectivity index (χ0n) is 15.8. The van der Waals surface area contributed by atoms with Crippen molar-refractivity contribution in [3.8, 4) is 11.5 Å². The maximum atomic E-state index is 12.9. The molecule has 142 valence electrons. The minimum atomic E-state index is -0.536. The number of para-hydroxylation sites is 1. The lowest BCUT2D eigenvalue weighted by molar-refractivity contribution is -0.126. The molecule has 1 unspecified atom stereocenters. The molecule has 3 rings (SSSR count). The number of carbonyl (C=O) groups is 2. The summed E-state index contributed by atoms with van der Waals surface area (Å²) in [5.74, 6) is 1.13. The second kappa shape index (κ2) is 8.12. The number of methoxy groups -OCH3 is 2. The van der Waals surface area contributed by atoms with Crippen molar-refractivity contribution >= 4 is 17.5 Å². The third-order valence-corrected chi connectivity index (χ3v) is 4.79. The van der Waals surface area contributed by atoms with E-state index in [1.54, 1.807) is 38.2 Å². The molecule has 2 amide bonds. The van der Waals surface area contributed by atoms with Gasteiger partial charge in [-0.1, -0.05) is 25.1 Å². The highest BCUT2D eigenvalue weighted by molar-refractivity contribution is 6.03. The van der Waals surface area contributed by atoms with Gasteiger partial charge in [0.25, 0.3) is 0 Å². The molecule has 6 nitrogen and oxygen atoms in total. The SMILES string of the molecule is CCC(=O)N1c2ccccc2CC1C(=O)NCc1cc(OC)ccc1OC. The normalized spacial score (nSPS) is 15.2. The Balaban J connectivity index is 1.77. The summed E-state index contributed by atoms with van der Waals surface area (Å²) in [6.45, 7) is 2.10. The van der Waals surface area contributed by atoms with Crippen molar-refractivity contribution in [2.75, 3.05) is 19.1 Å². The summed E-state index contributed by atoms with van der Waals surface area (Å²) in [6.07, 6.45) is 0.866. The summed E-state index contributed by atoms with van der Waals surface area (Å²) in [5, 5.41) is 2.94. The number of amides is 2. The Labute approximate surface area is 159 Å². The van der Waals surface area contributed by atoms with Crippen molar-refractivity contribution in [2.24, 2.45) is 0 Å². The standard InChI is InChI=1S/C21H24N2O4/c1-4-20(24)23-17-8-6-5-7-14(17)12-18(23)21(25)22-13-15-11-16(26-2)9-10-19(15)27-3/h5-11,18H,4,12-13H2,1-3H3,(H,22,25). The van der Waals surface area contributed by atoms with Gasteiger partial charge in [0.1, 0.15) is 17.5 Å². The number of nitrogens with one attached hydrogen (secondary N) is 1. The average Bonchev–Trinajstić information content (AvgIpc) is 3.10. The number of anilines is 1. The first-order chi connectivity index (χ1) is 13.1. The van der Waals surface area contributed by atoms with Gasteiger partial charge >= 0.3 is 0 Å². The second-order valence-electron chi connectivity index (χ2n) is 6.36. The van der Waals surface area contributed by atoms with E-state index >= 15 is 0 Å². The summed E-state index contributed by atoms with van der Waals surface area (Å²) in [4.78, 5) is 27.0. The molecule has 6 heteroatoms. The van der Waals surface area contributed by atoms with Crippen LogP contribution < -0.4 is 19.7 Å². The summed E-state index contributed by atoms with van der Waals surface area (Å²) in [7, 11) is 3.18. The molecule has 2 aromatic carbocycles. The van der Waals surface area contributed by atoms with Gasteiger partial charge in [-0.05, 0) is 29.8 Å². The first-order valence-corrected chi connectivity index (χ1v) is 8.97. The maximum Gasteiger partial charge on any atom is 0.243 e. The topological polar surface area (TPSA) is 67.9 Å². The van der Waals surface area contributed by atoms with E-state index in [2.05, 4.69) is 5.32 Å². The Morgan fingerprint density at radius 3 is 2.63 bits per heavy atom. The van der Waals surface area contributed by atoms with Gasteiger partial charge in [0, 0.05) is 30.6 Å². The van der Waals surface area contributed by atoms with Gasteiger partial charge in [-0.2, -0.15) is 0 Å². The Bertz CT molecular complexity index is 850. The predicted molar refractivity (Wildman–Crippen MR) is 103 cm³/mol. The van der Waals surface area contributed by atoms with E-state index < -0.39 is 6.04 Å². The van der Waals surface area contributed by atoms with Crippen LogP contribution in [0, 0.1) is 0 Å². The lowest BCUT2D eigenvalue weighted by Gasteiger charge is -2.24. The van der Waals surface area contributed by atoms with E-state index in [1.807, 2.05) is 30.3 Å². The zero-order chi connectivity index (χ0) is 19.4. The number of hydrogen-bond donors (Lipinski definition) is 1. The van der Waals surface area contributed by atoms with Crippen LogP contribution in [0.4, 0.5) is 5.69 Å². The Morgan fingerprint density at radius 2 is 1.93 bits per heavy atom. The third kappa shape index (κ3) is 3.74. The van der Waals surface area contributed by atoms with Gasteiger partial charge in [0.15, 0.2) is 0 Å². The van der Waals surface area contributed by atoms with Crippen LogP contribution in [-0.2, 0) is 22.6 Å². The quantitative estimate of drug-likeness (QED) is 0.851. The summed E-state index contributed by atoms with van der Waals surface area (Å²) in [6, 6.07) is 12.6. The Morgan fingerprint density at radius 1 is 1.15 bits per heavy atom. The monoisotopic (exact) mass is 368 g/mol. The van der Waals surface area contributed by atoms with Gasteiger partial charge in [-0.25, -0.2) is 0 Å². The molecule has 0 saturated carbocycles. The smallest absolute Gasteiger partial charge is 0.243 e. The maximum absolute atomic E-state index is 12.9. The summed E-state index contributed by atoms with van der Waals surface area (Å²) in [5.41, 5.74) is 2.65. The van der Waals surface area contributed by atoms with Gasteiger partial charge in [0.05, 0.1) is 14.2 Å². The number of hydrogen-bond acceptors (Lipinski definition) is 4. The number of ether oxygens (including phenoxy) is 2. The van der Waals surface area contributed by atoms with Crippen molar-refractivity contribution in [3.05, 3.63) is 53.6 Å². The number of nitrogens with zero attached hydrogens (tertiary/aromatic N) is 1.